The van der Waals surface area contributed by atoms with Gasteiger partial charge in [0.15, 0.2) is 0 Å². The Morgan fingerprint density at radius 2 is 2.17 bits per heavy atom. The number of likely N-dealkylation sites (N-methyl/N-ethyl adjacent to an activating group) is 1. The summed E-state index contributed by atoms with van der Waals surface area (Å²) in [5.74, 6) is -1.39. The molecule has 18 heavy (non-hydrogen) atoms. The fourth-order valence-electron chi connectivity index (χ4n) is 1.41. The predicted octanol–water partition coefficient (Wildman–Crippen LogP) is -0.603. The van der Waals surface area contributed by atoms with E-state index in [2.05, 4.69) is 10.6 Å². The average Bonchev–Trinajstić information content (AvgIpc) is 2.79. The lowest BCUT2D eigenvalue weighted by Gasteiger charge is -2.15. The summed E-state index contributed by atoms with van der Waals surface area (Å²) in [6.45, 7) is 0. The number of carbonyl (C=O) groups excluding carboxylic acids is 3. The van der Waals surface area contributed by atoms with E-state index in [1.807, 2.05) is 16.8 Å². The summed E-state index contributed by atoms with van der Waals surface area (Å²) in [5, 5.41) is 8.58. The molecule has 1 aromatic heterocycles. The van der Waals surface area contributed by atoms with Gasteiger partial charge in [-0.05, 0) is 22.4 Å². The van der Waals surface area contributed by atoms with Crippen LogP contribution in [0.25, 0.3) is 0 Å². The van der Waals surface area contributed by atoms with Crippen molar-refractivity contribution in [3.05, 3.63) is 22.4 Å². The van der Waals surface area contributed by atoms with Crippen LogP contribution in [-0.2, 0) is 20.8 Å². The monoisotopic (exact) mass is 269 g/mol. The molecule has 0 radical (unpaired) electrons. The molecule has 0 fully saturated rings. The highest BCUT2D eigenvalue weighted by atomic mass is 32.1. The molecular weight excluding hydrogens is 254 g/mol. The Bertz CT molecular complexity index is 431. The van der Waals surface area contributed by atoms with Crippen LogP contribution in [0.15, 0.2) is 16.8 Å². The first kappa shape index (κ1) is 14.2. The Kier molecular flexibility index (Phi) is 5.31. The quantitative estimate of drug-likeness (QED) is 0.642. The summed E-state index contributed by atoms with van der Waals surface area (Å²) in [5.41, 5.74) is 5.90. The highest BCUT2D eigenvalue weighted by Crippen LogP contribution is 2.06. The molecule has 1 aromatic rings. The maximum absolute atomic E-state index is 11.7. The molecule has 0 bridgehead atoms. The maximum Gasteiger partial charge on any atom is 0.242 e. The molecule has 0 aliphatic carbocycles. The predicted molar refractivity (Wildman–Crippen MR) is 67.8 cm³/mol. The molecule has 0 unspecified atom stereocenters. The van der Waals surface area contributed by atoms with Gasteiger partial charge in [-0.1, -0.05) is 0 Å². The van der Waals surface area contributed by atoms with E-state index in [1.54, 1.807) is 0 Å². The van der Waals surface area contributed by atoms with Gasteiger partial charge in [0.25, 0.3) is 0 Å². The number of rotatable bonds is 6. The second-order valence-electron chi connectivity index (χ2n) is 3.71. The minimum atomic E-state index is -0.918. The average molecular weight is 269 g/mol. The van der Waals surface area contributed by atoms with Gasteiger partial charge in [0, 0.05) is 7.05 Å². The number of amides is 3. The molecule has 0 saturated heterocycles. The first-order chi connectivity index (χ1) is 8.52. The van der Waals surface area contributed by atoms with E-state index < -0.39 is 17.9 Å². The zero-order chi connectivity index (χ0) is 13.5. The van der Waals surface area contributed by atoms with Crippen molar-refractivity contribution < 1.29 is 14.4 Å². The zero-order valence-electron chi connectivity index (χ0n) is 9.93. The standard InChI is InChI=1S/C11H15N3O3S/c1-13-11(17)8(5-9(12)15)14-10(16)4-7-2-3-18-6-7/h2-3,6,8H,4-5H2,1H3,(H2,12,15)(H,13,17)(H,14,16)/t8-/m0/s1. The van der Waals surface area contributed by atoms with Gasteiger partial charge >= 0.3 is 0 Å². The smallest absolute Gasteiger partial charge is 0.242 e. The van der Waals surface area contributed by atoms with Gasteiger partial charge < -0.3 is 16.4 Å². The first-order valence-corrected chi connectivity index (χ1v) is 6.27. The van der Waals surface area contributed by atoms with E-state index >= 15 is 0 Å². The molecule has 0 spiro atoms. The van der Waals surface area contributed by atoms with Crippen molar-refractivity contribution in [1.29, 1.82) is 0 Å². The summed E-state index contributed by atoms with van der Waals surface area (Å²) in [4.78, 5) is 34.0. The number of hydrogen-bond acceptors (Lipinski definition) is 4. The van der Waals surface area contributed by atoms with Crippen molar-refractivity contribution in [3.63, 3.8) is 0 Å². The Morgan fingerprint density at radius 1 is 1.44 bits per heavy atom. The largest absolute Gasteiger partial charge is 0.370 e. The van der Waals surface area contributed by atoms with Gasteiger partial charge in [-0.2, -0.15) is 11.3 Å². The van der Waals surface area contributed by atoms with Gasteiger partial charge in [-0.15, -0.1) is 0 Å². The molecule has 1 atom stereocenters. The number of carbonyl (C=O) groups is 3. The third-order valence-corrected chi connectivity index (χ3v) is 2.98. The number of nitrogens with two attached hydrogens (primary N) is 1. The van der Waals surface area contributed by atoms with Crippen LogP contribution in [0, 0.1) is 0 Å². The topological polar surface area (TPSA) is 101 Å². The van der Waals surface area contributed by atoms with Crippen LogP contribution >= 0.6 is 11.3 Å². The van der Waals surface area contributed by atoms with Crippen molar-refractivity contribution in [2.24, 2.45) is 5.73 Å². The Balaban J connectivity index is 2.56. The SMILES string of the molecule is CNC(=O)[C@H](CC(N)=O)NC(=O)Cc1ccsc1. The van der Waals surface area contributed by atoms with E-state index in [1.165, 1.54) is 18.4 Å². The molecule has 0 saturated carbocycles. The molecule has 98 valence electrons. The maximum atomic E-state index is 11.7. The molecule has 7 heteroatoms. The van der Waals surface area contributed by atoms with E-state index in [0.29, 0.717) is 0 Å². The van der Waals surface area contributed by atoms with E-state index in [4.69, 9.17) is 5.73 Å². The van der Waals surface area contributed by atoms with Crippen LogP contribution in [0.4, 0.5) is 0 Å². The van der Waals surface area contributed by atoms with Crippen molar-refractivity contribution in [2.75, 3.05) is 7.05 Å². The fraction of sp³-hybridized carbons (Fsp3) is 0.364. The molecule has 1 rings (SSSR count). The highest BCUT2D eigenvalue weighted by molar-refractivity contribution is 7.07. The van der Waals surface area contributed by atoms with Gasteiger partial charge in [-0.25, -0.2) is 0 Å². The third kappa shape index (κ3) is 4.54. The summed E-state index contributed by atoms with van der Waals surface area (Å²) in [6, 6.07) is 0.909. The van der Waals surface area contributed by atoms with Crippen LogP contribution < -0.4 is 16.4 Å². The molecule has 6 nitrogen and oxygen atoms in total. The zero-order valence-corrected chi connectivity index (χ0v) is 10.8. The van der Waals surface area contributed by atoms with Crippen LogP contribution in [0.1, 0.15) is 12.0 Å². The molecule has 3 amide bonds. The molecule has 0 aliphatic heterocycles. The molecule has 0 aliphatic rings. The van der Waals surface area contributed by atoms with E-state index in [9.17, 15) is 14.4 Å². The minimum absolute atomic E-state index is 0.176. The van der Waals surface area contributed by atoms with Crippen LogP contribution in [0.2, 0.25) is 0 Å². The Labute approximate surface area is 109 Å². The summed E-state index contributed by atoms with van der Waals surface area (Å²) in [7, 11) is 1.43. The first-order valence-electron chi connectivity index (χ1n) is 5.33. The number of hydrogen-bond donors (Lipinski definition) is 3. The molecule has 0 aromatic carbocycles. The molecule has 1 heterocycles. The summed E-state index contributed by atoms with van der Waals surface area (Å²) in [6.07, 6.45) is -0.0369. The van der Waals surface area contributed by atoms with Crippen LogP contribution in [0.3, 0.4) is 0 Å². The second-order valence-corrected chi connectivity index (χ2v) is 4.49. The fourth-order valence-corrected chi connectivity index (χ4v) is 2.08. The lowest BCUT2D eigenvalue weighted by Crippen LogP contribution is -2.48. The van der Waals surface area contributed by atoms with Gasteiger partial charge in [0.1, 0.15) is 6.04 Å². The van der Waals surface area contributed by atoms with Crippen molar-refractivity contribution in [3.8, 4) is 0 Å². The van der Waals surface area contributed by atoms with Gasteiger partial charge in [0.2, 0.25) is 17.7 Å². The third-order valence-electron chi connectivity index (χ3n) is 2.25. The number of primary amides is 1. The van der Waals surface area contributed by atoms with Crippen molar-refractivity contribution in [2.45, 2.75) is 18.9 Å². The normalized spacial score (nSPS) is 11.6. The van der Waals surface area contributed by atoms with Crippen molar-refractivity contribution >= 4 is 29.1 Å². The van der Waals surface area contributed by atoms with Crippen LogP contribution in [-0.4, -0.2) is 30.8 Å². The number of nitrogens with one attached hydrogen (secondary N) is 2. The Morgan fingerprint density at radius 3 is 2.67 bits per heavy atom. The summed E-state index contributed by atoms with van der Waals surface area (Å²) < 4.78 is 0. The lowest BCUT2D eigenvalue weighted by molar-refractivity contribution is -0.130. The van der Waals surface area contributed by atoms with E-state index in [-0.39, 0.29) is 18.7 Å². The van der Waals surface area contributed by atoms with Crippen LogP contribution in [0.5, 0.6) is 0 Å². The summed E-state index contributed by atoms with van der Waals surface area (Å²) >= 11 is 1.49. The van der Waals surface area contributed by atoms with Gasteiger partial charge in [0.05, 0.1) is 12.8 Å². The highest BCUT2D eigenvalue weighted by Gasteiger charge is 2.21. The lowest BCUT2D eigenvalue weighted by atomic mass is 10.1. The second kappa shape index (κ2) is 6.75. The van der Waals surface area contributed by atoms with Crippen molar-refractivity contribution in [1.82, 2.24) is 10.6 Å². The molecule has 4 N–H and O–H groups in total. The van der Waals surface area contributed by atoms with E-state index in [0.717, 1.165) is 5.56 Å². The Hall–Kier alpha value is -1.89. The minimum Gasteiger partial charge on any atom is -0.370 e. The number of thiophene rings is 1. The molecular formula is C11H15N3O3S. The van der Waals surface area contributed by atoms with Gasteiger partial charge in [-0.3, -0.25) is 14.4 Å².